The fraction of sp³-hybridized carbons (Fsp3) is 0.290. The molecule has 0 aliphatic heterocycles. The Morgan fingerprint density at radius 2 is 0.943 bits per heavy atom. The van der Waals surface area contributed by atoms with E-state index in [-0.39, 0.29) is 18.0 Å². The van der Waals surface area contributed by atoms with Crippen molar-refractivity contribution < 1.29 is 19.1 Å². The largest absolute Gasteiger partial charge is 0.493 e. The summed E-state index contributed by atoms with van der Waals surface area (Å²) in [4.78, 5) is 25.8. The van der Waals surface area contributed by atoms with Crippen LogP contribution in [-0.4, -0.2) is 24.8 Å². The normalized spacial score (nSPS) is 11.4. The van der Waals surface area contributed by atoms with Crippen molar-refractivity contribution in [2.24, 2.45) is 11.8 Å². The molecule has 4 aromatic rings. The highest BCUT2D eigenvalue weighted by molar-refractivity contribution is 6.15. The molecule has 4 aromatic carbocycles. The van der Waals surface area contributed by atoms with Gasteiger partial charge in [-0.25, -0.2) is 0 Å². The summed E-state index contributed by atoms with van der Waals surface area (Å²) < 4.78 is 11.6. The first kappa shape index (κ1) is 24.5. The summed E-state index contributed by atoms with van der Waals surface area (Å²) in [5.41, 5.74) is 1.07. The summed E-state index contributed by atoms with van der Waals surface area (Å²) in [6.45, 7) is 9.75. The van der Waals surface area contributed by atoms with Gasteiger partial charge in [0.05, 0.1) is 19.6 Å². The molecule has 0 unspecified atom stereocenters. The lowest BCUT2D eigenvalue weighted by Crippen LogP contribution is -2.08. The predicted octanol–water partition coefficient (Wildman–Crippen LogP) is 7.52. The molecule has 0 saturated heterocycles. The first-order valence-electron chi connectivity index (χ1n) is 12.2. The lowest BCUT2D eigenvalue weighted by Gasteiger charge is -2.10. The number of benzene rings is 4. The zero-order chi connectivity index (χ0) is 24.9. The Labute approximate surface area is 206 Å². The van der Waals surface area contributed by atoms with E-state index in [2.05, 4.69) is 27.7 Å². The second kappa shape index (κ2) is 10.7. The van der Waals surface area contributed by atoms with Gasteiger partial charge in [-0.15, -0.1) is 0 Å². The molecule has 0 aliphatic rings. The highest BCUT2D eigenvalue weighted by atomic mass is 16.5. The average molecular weight is 469 g/mol. The van der Waals surface area contributed by atoms with Gasteiger partial charge in [0.1, 0.15) is 11.5 Å². The molecule has 0 atom stereocenters. The van der Waals surface area contributed by atoms with E-state index >= 15 is 0 Å². The number of Topliss-reactive ketones (excluding diaryl/α,β-unsaturated/α-hetero) is 2. The first-order valence-corrected chi connectivity index (χ1v) is 12.2. The monoisotopic (exact) mass is 468 g/mol. The quantitative estimate of drug-likeness (QED) is 0.178. The smallest absolute Gasteiger partial charge is 0.170 e. The molecule has 0 amide bonds. The SMILES string of the molecule is CC(C)COc1ccc2cc(C(=O)CC(=O)c3ccc4cc(OCC(C)C)ccc4c3)ccc2c1. The van der Waals surface area contributed by atoms with Crippen molar-refractivity contribution in [3.05, 3.63) is 83.9 Å². The maximum Gasteiger partial charge on any atom is 0.170 e. The van der Waals surface area contributed by atoms with Crippen LogP contribution in [0.1, 0.15) is 54.8 Å². The number of hydrogen-bond donors (Lipinski definition) is 0. The van der Waals surface area contributed by atoms with E-state index in [9.17, 15) is 9.59 Å². The Bertz CT molecular complexity index is 1260. The second-order valence-corrected chi connectivity index (χ2v) is 9.88. The highest BCUT2D eigenvalue weighted by Gasteiger charge is 2.15. The first-order chi connectivity index (χ1) is 16.8. The summed E-state index contributed by atoms with van der Waals surface area (Å²) in [6, 6.07) is 22.7. The van der Waals surface area contributed by atoms with Crippen molar-refractivity contribution in [3.8, 4) is 11.5 Å². The van der Waals surface area contributed by atoms with Crippen LogP contribution in [0.3, 0.4) is 0 Å². The van der Waals surface area contributed by atoms with Crippen LogP contribution in [0.5, 0.6) is 11.5 Å². The van der Waals surface area contributed by atoms with Crippen LogP contribution in [-0.2, 0) is 0 Å². The zero-order valence-corrected chi connectivity index (χ0v) is 20.8. The number of hydrogen-bond acceptors (Lipinski definition) is 4. The summed E-state index contributed by atoms with van der Waals surface area (Å²) in [7, 11) is 0. The maximum atomic E-state index is 12.9. The lowest BCUT2D eigenvalue weighted by molar-refractivity contribution is 0.0894. The van der Waals surface area contributed by atoms with E-state index in [0.29, 0.717) is 36.2 Å². The molecule has 4 nitrogen and oxygen atoms in total. The molecule has 180 valence electrons. The maximum absolute atomic E-state index is 12.9. The third-order valence-corrected chi connectivity index (χ3v) is 5.76. The predicted molar refractivity (Wildman–Crippen MR) is 142 cm³/mol. The number of ketones is 2. The van der Waals surface area contributed by atoms with Crippen molar-refractivity contribution in [1.82, 2.24) is 0 Å². The van der Waals surface area contributed by atoms with Gasteiger partial charge in [-0.1, -0.05) is 64.1 Å². The van der Waals surface area contributed by atoms with Crippen molar-refractivity contribution in [2.45, 2.75) is 34.1 Å². The molecule has 4 heteroatoms. The summed E-state index contributed by atoms with van der Waals surface area (Å²) in [5, 5.41) is 3.89. The van der Waals surface area contributed by atoms with E-state index in [0.717, 1.165) is 33.0 Å². The fourth-order valence-electron chi connectivity index (χ4n) is 3.85. The van der Waals surface area contributed by atoms with E-state index < -0.39 is 0 Å². The highest BCUT2D eigenvalue weighted by Crippen LogP contribution is 2.25. The number of carbonyl (C=O) groups is 2. The Morgan fingerprint density at radius 1 is 0.571 bits per heavy atom. The van der Waals surface area contributed by atoms with E-state index in [1.165, 1.54) is 0 Å². The van der Waals surface area contributed by atoms with Gasteiger partial charge in [0, 0.05) is 11.1 Å². The molecular weight excluding hydrogens is 436 g/mol. The van der Waals surface area contributed by atoms with E-state index in [4.69, 9.17) is 9.47 Å². The van der Waals surface area contributed by atoms with E-state index in [1.54, 1.807) is 12.1 Å². The minimum absolute atomic E-state index is 0.165. The summed E-state index contributed by atoms with van der Waals surface area (Å²) in [5.74, 6) is 2.16. The van der Waals surface area contributed by atoms with Gasteiger partial charge in [0.2, 0.25) is 0 Å². The second-order valence-electron chi connectivity index (χ2n) is 9.88. The average Bonchev–Trinajstić information content (AvgIpc) is 2.85. The van der Waals surface area contributed by atoms with Crippen molar-refractivity contribution in [1.29, 1.82) is 0 Å². The number of rotatable bonds is 10. The summed E-state index contributed by atoms with van der Waals surface area (Å²) >= 11 is 0. The fourth-order valence-corrected chi connectivity index (χ4v) is 3.85. The molecule has 0 heterocycles. The van der Waals surface area contributed by atoms with Crippen LogP contribution in [0, 0.1) is 11.8 Å². The topological polar surface area (TPSA) is 52.6 Å². The molecule has 0 N–H and O–H groups in total. The number of carbonyl (C=O) groups excluding carboxylic acids is 2. The minimum atomic E-state index is -0.186. The number of ether oxygens (including phenoxy) is 2. The van der Waals surface area contributed by atoms with Gasteiger partial charge in [-0.3, -0.25) is 9.59 Å². The van der Waals surface area contributed by atoms with Gasteiger partial charge in [-0.05, 0) is 69.8 Å². The standard InChI is InChI=1S/C31H32O4/c1-20(2)18-34-28-11-9-22-13-26(7-5-24(22)15-28)30(32)17-31(33)27-8-6-25-16-29(35-19-21(3)4)12-10-23(25)14-27/h5-16,20-21H,17-19H2,1-4H3. The number of fused-ring (bicyclic) bond motifs is 2. The summed E-state index contributed by atoms with van der Waals surface area (Å²) in [6.07, 6.45) is -0.165. The van der Waals surface area contributed by atoms with Gasteiger partial charge < -0.3 is 9.47 Å². The molecule has 0 aromatic heterocycles. The Kier molecular flexibility index (Phi) is 7.50. The van der Waals surface area contributed by atoms with E-state index in [1.807, 2.05) is 60.7 Å². The molecule has 0 saturated carbocycles. The zero-order valence-electron chi connectivity index (χ0n) is 20.8. The van der Waals surface area contributed by atoms with Gasteiger partial charge in [0.25, 0.3) is 0 Å². The Morgan fingerprint density at radius 3 is 1.34 bits per heavy atom. The van der Waals surface area contributed by atoms with Crippen molar-refractivity contribution in [3.63, 3.8) is 0 Å². The van der Waals surface area contributed by atoms with Crippen LogP contribution in [0.4, 0.5) is 0 Å². The molecule has 0 aliphatic carbocycles. The van der Waals surface area contributed by atoms with Gasteiger partial charge in [0.15, 0.2) is 11.6 Å². The Hall–Kier alpha value is -3.66. The van der Waals surface area contributed by atoms with Crippen LogP contribution in [0.2, 0.25) is 0 Å². The third kappa shape index (κ3) is 6.27. The molecule has 4 rings (SSSR count). The van der Waals surface area contributed by atoms with Gasteiger partial charge >= 0.3 is 0 Å². The molecule has 0 spiro atoms. The molecule has 35 heavy (non-hydrogen) atoms. The third-order valence-electron chi connectivity index (χ3n) is 5.76. The molecular formula is C31H32O4. The van der Waals surface area contributed by atoms with Crippen molar-refractivity contribution in [2.75, 3.05) is 13.2 Å². The lowest BCUT2D eigenvalue weighted by atomic mass is 9.97. The van der Waals surface area contributed by atoms with Gasteiger partial charge in [-0.2, -0.15) is 0 Å². The van der Waals surface area contributed by atoms with Crippen LogP contribution >= 0.6 is 0 Å². The Balaban J connectivity index is 1.45. The van der Waals surface area contributed by atoms with Crippen LogP contribution < -0.4 is 9.47 Å². The minimum Gasteiger partial charge on any atom is -0.493 e. The molecule has 0 fully saturated rings. The van der Waals surface area contributed by atoms with Crippen molar-refractivity contribution >= 4 is 33.1 Å². The van der Waals surface area contributed by atoms with Crippen LogP contribution in [0.25, 0.3) is 21.5 Å². The molecule has 0 bridgehead atoms. The molecule has 0 radical (unpaired) electrons. The van der Waals surface area contributed by atoms with Crippen LogP contribution in [0.15, 0.2) is 72.8 Å².